The van der Waals surface area contributed by atoms with E-state index in [9.17, 15) is 9.59 Å². The number of carbonyl (C=O) groups is 2. The third-order valence-electron chi connectivity index (χ3n) is 5.71. The summed E-state index contributed by atoms with van der Waals surface area (Å²) in [6.45, 7) is 1.18. The Labute approximate surface area is 182 Å². The summed E-state index contributed by atoms with van der Waals surface area (Å²) in [5.74, 6) is 0.774. The summed E-state index contributed by atoms with van der Waals surface area (Å²) in [5, 5.41) is 5.15. The number of amides is 2. The number of piperidine rings is 1. The lowest BCUT2D eigenvalue weighted by Crippen LogP contribution is -2.40. The fraction of sp³-hybridized carbons (Fsp3) is 0.231. The first-order chi connectivity index (χ1) is 15.1. The lowest BCUT2D eigenvalue weighted by atomic mass is 9.95. The molecule has 0 aromatic heterocycles. The summed E-state index contributed by atoms with van der Waals surface area (Å²) < 4.78 is 5.26. The molecule has 0 unspecified atom stereocenters. The molecule has 1 fully saturated rings. The van der Waals surface area contributed by atoms with Crippen LogP contribution in [0.5, 0.6) is 5.75 Å². The summed E-state index contributed by atoms with van der Waals surface area (Å²) in [4.78, 5) is 26.9. The molecule has 1 heterocycles. The van der Waals surface area contributed by atoms with E-state index in [1.807, 2.05) is 71.6 Å². The highest BCUT2D eigenvalue weighted by atomic mass is 16.5. The van der Waals surface area contributed by atoms with Crippen LogP contribution in [0.25, 0.3) is 16.8 Å². The van der Waals surface area contributed by atoms with Gasteiger partial charge in [-0.3, -0.25) is 9.59 Å². The fourth-order valence-electron chi connectivity index (χ4n) is 3.87. The first kappa shape index (κ1) is 20.7. The molecule has 31 heavy (non-hydrogen) atoms. The van der Waals surface area contributed by atoms with Crippen LogP contribution in [0.2, 0.25) is 0 Å². The lowest BCUT2D eigenvalue weighted by molar-refractivity contribution is -0.130. The van der Waals surface area contributed by atoms with E-state index < -0.39 is 0 Å². The number of rotatable bonds is 5. The Kier molecular flexibility index (Phi) is 6.32. The average molecular weight is 415 g/mol. The number of ether oxygens (including phenoxy) is 1. The summed E-state index contributed by atoms with van der Waals surface area (Å²) in [6, 6.07) is 21.5. The Balaban J connectivity index is 1.32. The van der Waals surface area contributed by atoms with Crippen molar-refractivity contribution in [3.8, 4) is 5.75 Å². The third kappa shape index (κ3) is 5.12. The van der Waals surface area contributed by atoms with Crippen molar-refractivity contribution in [2.75, 3.05) is 25.5 Å². The second-order valence-electron chi connectivity index (χ2n) is 7.76. The third-order valence-corrected chi connectivity index (χ3v) is 5.71. The molecular weight excluding hydrogens is 388 g/mol. The quantitative estimate of drug-likeness (QED) is 0.614. The van der Waals surface area contributed by atoms with Gasteiger partial charge in [-0.25, -0.2) is 0 Å². The van der Waals surface area contributed by atoms with Gasteiger partial charge in [0.1, 0.15) is 5.75 Å². The minimum Gasteiger partial charge on any atom is -0.497 e. The number of benzene rings is 3. The Morgan fingerprint density at radius 2 is 1.68 bits per heavy atom. The van der Waals surface area contributed by atoms with Crippen molar-refractivity contribution < 1.29 is 14.3 Å². The van der Waals surface area contributed by atoms with Gasteiger partial charge in [0.25, 0.3) is 0 Å². The maximum absolute atomic E-state index is 12.6. The van der Waals surface area contributed by atoms with Crippen molar-refractivity contribution in [3.63, 3.8) is 0 Å². The molecular formula is C26H26N2O3. The molecule has 4 rings (SSSR count). The average Bonchev–Trinajstić information content (AvgIpc) is 2.82. The van der Waals surface area contributed by atoms with E-state index in [0.29, 0.717) is 25.9 Å². The van der Waals surface area contributed by atoms with E-state index >= 15 is 0 Å². The molecule has 1 N–H and O–H groups in total. The number of fused-ring (bicyclic) bond motifs is 1. The number of likely N-dealkylation sites (tertiary alicyclic amines) is 1. The summed E-state index contributed by atoms with van der Waals surface area (Å²) >= 11 is 0. The molecule has 1 aliphatic heterocycles. The SMILES string of the molecule is COc1ccc2cc(/C=C/C(=O)N3CCC(C(=O)Nc4ccccc4)CC3)ccc2c1. The zero-order valence-electron chi connectivity index (χ0n) is 17.6. The van der Waals surface area contributed by atoms with Crippen molar-refractivity contribution in [2.24, 2.45) is 5.92 Å². The van der Waals surface area contributed by atoms with Gasteiger partial charge >= 0.3 is 0 Å². The molecule has 0 aliphatic carbocycles. The number of carbonyl (C=O) groups excluding carboxylic acids is 2. The number of nitrogens with one attached hydrogen (secondary N) is 1. The molecule has 2 amide bonds. The van der Waals surface area contributed by atoms with Crippen LogP contribution in [0.1, 0.15) is 18.4 Å². The summed E-state index contributed by atoms with van der Waals surface area (Å²) in [7, 11) is 1.66. The first-order valence-electron chi connectivity index (χ1n) is 10.5. The highest BCUT2D eigenvalue weighted by Crippen LogP contribution is 2.23. The van der Waals surface area contributed by atoms with Gasteiger partial charge < -0.3 is 15.0 Å². The number of hydrogen-bond donors (Lipinski definition) is 1. The van der Waals surface area contributed by atoms with Crippen LogP contribution in [-0.4, -0.2) is 36.9 Å². The van der Waals surface area contributed by atoms with Gasteiger partial charge in [0.2, 0.25) is 11.8 Å². The molecule has 0 saturated carbocycles. The number of anilines is 1. The second kappa shape index (κ2) is 9.47. The standard InChI is InChI=1S/C26H26N2O3/c1-31-24-11-10-21-17-19(7-9-22(21)18-24)8-12-25(29)28-15-13-20(14-16-28)26(30)27-23-5-3-2-4-6-23/h2-12,17-18,20H,13-16H2,1H3,(H,27,30)/b12-8+. The van der Waals surface area contributed by atoms with E-state index in [2.05, 4.69) is 11.4 Å². The molecule has 0 atom stereocenters. The van der Waals surface area contributed by atoms with E-state index in [1.54, 1.807) is 13.2 Å². The zero-order valence-corrected chi connectivity index (χ0v) is 17.6. The predicted octanol–water partition coefficient (Wildman–Crippen LogP) is 4.74. The Bertz CT molecular complexity index is 1100. The maximum atomic E-state index is 12.6. The van der Waals surface area contributed by atoms with Gasteiger partial charge in [-0.05, 0) is 65.6 Å². The largest absolute Gasteiger partial charge is 0.497 e. The molecule has 158 valence electrons. The number of methoxy groups -OCH3 is 1. The van der Waals surface area contributed by atoms with E-state index in [4.69, 9.17) is 4.74 Å². The maximum Gasteiger partial charge on any atom is 0.246 e. The molecule has 5 nitrogen and oxygen atoms in total. The molecule has 3 aromatic rings. The highest BCUT2D eigenvalue weighted by molar-refractivity contribution is 5.94. The monoisotopic (exact) mass is 414 g/mol. The second-order valence-corrected chi connectivity index (χ2v) is 7.76. The fourth-order valence-corrected chi connectivity index (χ4v) is 3.87. The van der Waals surface area contributed by atoms with Gasteiger partial charge in [0.05, 0.1) is 7.11 Å². The smallest absolute Gasteiger partial charge is 0.246 e. The minimum absolute atomic E-state index is 0.0169. The lowest BCUT2D eigenvalue weighted by Gasteiger charge is -2.30. The molecule has 1 saturated heterocycles. The van der Waals surface area contributed by atoms with Crippen LogP contribution in [0.15, 0.2) is 72.8 Å². The van der Waals surface area contributed by atoms with Crippen LogP contribution in [0.3, 0.4) is 0 Å². The zero-order chi connectivity index (χ0) is 21.6. The van der Waals surface area contributed by atoms with Gasteiger partial charge in [-0.2, -0.15) is 0 Å². The first-order valence-corrected chi connectivity index (χ1v) is 10.5. The predicted molar refractivity (Wildman–Crippen MR) is 124 cm³/mol. The van der Waals surface area contributed by atoms with E-state index in [1.165, 1.54) is 0 Å². The van der Waals surface area contributed by atoms with E-state index in [0.717, 1.165) is 27.8 Å². The minimum atomic E-state index is -0.0642. The van der Waals surface area contributed by atoms with Crippen molar-refractivity contribution in [2.45, 2.75) is 12.8 Å². The summed E-state index contributed by atoms with van der Waals surface area (Å²) in [5.41, 5.74) is 1.78. The van der Waals surface area contributed by atoms with Crippen LogP contribution < -0.4 is 10.1 Å². The Hall–Kier alpha value is -3.60. The van der Waals surface area contributed by atoms with Crippen molar-refractivity contribution >= 4 is 34.4 Å². The number of para-hydroxylation sites is 1. The number of nitrogens with zero attached hydrogens (tertiary/aromatic N) is 1. The molecule has 0 bridgehead atoms. The van der Waals surface area contributed by atoms with Crippen LogP contribution >= 0.6 is 0 Å². The van der Waals surface area contributed by atoms with E-state index in [-0.39, 0.29) is 17.7 Å². The van der Waals surface area contributed by atoms with Crippen molar-refractivity contribution in [1.82, 2.24) is 4.90 Å². The molecule has 3 aromatic carbocycles. The normalized spacial score (nSPS) is 14.7. The Morgan fingerprint density at radius 1 is 0.968 bits per heavy atom. The van der Waals surface area contributed by atoms with Crippen LogP contribution in [0, 0.1) is 5.92 Å². The van der Waals surface area contributed by atoms with Crippen molar-refractivity contribution in [1.29, 1.82) is 0 Å². The Morgan fingerprint density at radius 3 is 2.42 bits per heavy atom. The van der Waals surface area contributed by atoms with Crippen LogP contribution in [-0.2, 0) is 9.59 Å². The van der Waals surface area contributed by atoms with Gasteiger partial charge in [-0.15, -0.1) is 0 Å². The van der Waals surface area contributed by atoms with Crippen LogP contribution in [0.4, 0.5) is 5.69 Å². The van der Waals surface area contributed by atoms with Gasteiger partial charge in [-0.1, -0.05) is 36.4 Å². The summed E-state index contributed by atoms with van der Waals surface area (Å²) in [6.07, 6.45) is 4.82. The number of hydrogen-bond acceptors (Lipinski definition) is 3. The highest BCUT2D eigenvalue weighted by Gasteiger charge is 2.26. The van der Waals surface area contributed by atoms with Gasteiger partial charge in [0.15, 0.2) is 0 Å². The van der Waals surface area contributed by atoms with Gasteiger partial charge in [0, 0.05) is 30.8 Å². The molecule has 0 spiro atoms. The topological polar surface area (TPSA) is 58.6 Å². The molecule has 0 radical (unpaired) electrons. The molecule has 5 heteroatoms. The molecule has 1 aliphatic rings. The van der Waals surface area contributed by atoms with Crippen molar-refractivity contribution in [3.05, 3.63) is 78.4 Å².